The Bertz CT molecular complexity index is 663. The summed E-state index contributed by atoms with van der Waals surface area (Å²) < 4.78 is 0. The number of nitrogens with one attached hydrogen (secondary N) is 2. The summed E-state index contributed by atoms with van der Waals surface area (Å²) in [4.78, 5) is 20.8. The Morgan fingerprint density at radius 3 is 2.48 bits per heavy atom. The molecule has 6 heteroatoms. The first-order valence-corrected chi connectivity index (χ1v) is 9.66. The number of carbonyl (C=O) groups is 1. The Kier molecular flexibility index (Phi) is 3.89. The quantitative estimate of drug-likeness (QED) is 0.737. The second-order valence-electron chi connectivity index (χ2n) is 8.65. The van der Waals surface area contributed by atoms with Crippen LogP contribution in [0, 0.1) is 11.8 Å². The lowest BCUT2D eigenvalue weighted by molar-refractivity contribution is 0.00177. The summed E-state index contributed by atoms with van der Waals surface area (Å²) in [6, 6.07) is 0. The summed E-state index contributed by atoms with van der Waals surface area (Å²) in [6.07, 6.45) is 10.9. The first kappa shape index (κ1) is 16.6. The molecule has 0 radical (unpaired) electrons. The average molecular weight is 343 g/mol. The molecule has 4 aliphatic rings. The smallest absolute Gasteiger partial charge is 0.254 e. The van der Waals surface area contributed by atoms with Gasteiger partial charge in [-0.15, -0.1) is 0 Å². The minimum Gasteiger partial charge on any atom is -0.365 e. The van der Waals surface area contributed by atoms with Gasteiger partial charge in [-0.1, -0.05) is 13.8 Å². The molecular weight excluding hydrogens is 314 g/mol. The van der Waals surface area contributed by atoms with Crippen LogP contribution in [0.4, 0.5) is 11.8 Å². The lowest BCUT2D eigenvalue weighted by Crippen LogP contribution is -2.63. The van der Waals surface area contributed by atoms with Crippen LogP contribution in [0.25, 0.3) is 0 Å². The molecule has 1 amide bonds. The van der Waals surface area contributed by atoms with Crippen LogP contribution < -0.4 is 16.4 Å². The van der Waals surface area contributed by atoms with Gasteiger partial charge in [0.25, 0.3) is 5.91 Å². The van der Waals surface area contributed by atoms with Crippen LogP contribution in [0.5, 0.6) is 0 Å². The monoisotopic (exact) mass is 343 g/mol. The lowest BCUT2D eigenvalue weighted by atomic mass is 9.50. The molecule has 5 rings (SSSR count). The van der Waals surface area contributed by atoms with E-state index < -0.39 is 5.91 Å². The summed E-state index contributed by atoms with van der Waals surface area (Å²) in [6.45, 7) is 4.55. The fraction of sp³-hybridized carbons (Fsp3) is 0.737. The van der Waals surface area contributed by atoms with Crippen LogP contribution in [-0.4, -0.2) is 27.0 Å². The van der Waals surface area contributed by atoms with E-state index in [1.165, 1.54) is 32.1 Å². The molecular formula is C19H29N5O. The van der Waals surface area contributed by atoms with Crippen molar-refractivity contribution in [3.8, 4) is 0 Å². The summed E-state index contributed by atoms with van der Waals surface area (Å²) in [5.41, 5.74) is 6.12. The molecule has 0 spiro atoms. The van der Waals surface area contributed by atoms with Gasteiger partial charge in [-0.25, -0.2) is 4.98 Å². The van der Waals surface area contributed by atoms with E-state index >= 15 is 0 Å². The summed E-state index contributed by atoms with van der Waals surface area (Å²) in [7, 11) is 0. The minimum absolute atomic E-state index is 0.0638. The van der Waals surface area contributed by atoms with Gasteiger partial charge < -0.3 is 16.4 Å². The number of carbonyl (C=O) groups excluding carboxylic acids is 1. The van der Waals surface area contributed by atoms with Gasteiger partial charge in [-0.05, 0) is 63.2 Å². The molecule has 1 aromatic heterocycles. The Hall–Kier alpha value is -1.85. The molecule has 25 heavy (non-hydrogen) atoms. The number of hydrogen-bond donors (Lipinski definition) is 3. The average Bonchev–Trinajstić information content (AvgIpc) is 2.52. The zero-order valence-corrected chi connectivity index (χ0v) is 15.3. The first-order chi connectivity index (χ1) is 11.9. The number of hydrogen-bond acceptors (Lipinski definition) is 5. The van der Waals surface area contributed by atoms with Crippen molar-refractivity contribution < 1.29 is 4.79 Å². The van der Waals surface area contributed by atoms with Gasteiger partial charge in [0.2, 0.25) is 5.95 Å². The fourth-order valence-electron chi connectivity index (χ4n) is 4.72. The van der Waals surface area contributed by atoms with Crippen molar-refractivity contribution in [2.75, 3.05) is 10.6 Å². The number of primary amides is 1. The molecule has 1 aromatic rings. The topological polar surface area (TPSA) is 92.9 Å². The molecule has 0 unspecified atom stereocenters. The van der Waals surface area contributed by atoms with Gasteiger partial charge in [0.1, 0.15) is 5.82 Å². The highest BCUT2D eigenvalue weighted by atomic mass is 16.1. The summed E-state index contributed by atoms with van der Waals surface area (Å²) in [5.74, 6) is 2.38. The normalized spacial score (nSPS) is 36.1. The van der Waals surface area contributed by atoms with Gasteiger partial charge in [-0.2, -0.15) is 4.98 Å². The molecule has 4 saturated carbocycles. The molecule has 0 aromatic carbocycles. The first-order valence-electron chi connectivity index (χ1n) is 9.66. The second-order valence-corrected chi connectivity index (χ2v) is 8.65. The maximum atomic E-state index is 11.8. The molecule has 4 aliphatic carbocycles. The van der Waals surface area contributed by atoms with E-state index in [1.54, 1.807) is 6.20 Å². The number of nitrogens with two attached hydrogens (primary N) is 1. The minimum atomic E-state index is -0.475. The standard InChI is InChI=1S/C19H29N5O/c1-3-18(6-4-12(2)5-7-18)24-17-21-11-14(15(20)25)16(22-17)23-19-8-13(9-19)10-19/h11-13H,3-10H2,1-2H3,(H2,20,25)(H2,21,22,23,24). The lowest BCUT2D eigenvalue weighted by Gasteiger charge is -2.62. The molecule has 136 valence electrons. The number of rotatable bonds is 6. The van der Waals surface area contributed by atoms with E-state index in [9.17, 15) is 4.79 Å². The Morgan fingerprint density at radius 2 is 1.96 bits per heavy atom. The highest BCUT2D eigenvalue weighted by molar-refractivity contribution is 5.97. The molecule has 4 fully saturated rings. The molecule has 4 N–H and O–H groups in total. The largest absolute Gasteiger partial charge is 0.365 e. The van der Waals surface area contributed by atoms with Gasteiger partial charge in [0.15, 0.2) is 0 Å². The third-order valence-corrected chi connectivity index (χ3v) is 6.76. The predicted octanol–water partition coefficient (Wildman–Crippen LogP) is 3.31. The van der Waals surface area contributed by atoms with Crippen molar-refractivity contribution in [3.63, 3.8) is 0 Å². The molecule has 0 saturated heterocycles. The van der Waals surface area contributed by atoms with E-state index in [2.05, 4.69) is 34.4 Å². The third-order valence-electron chi connectivity index (χ3n) is 6.76. The van der Waals surface area contributed by atoms with Gasteiger partial charge in [-0.3, -0.25) is 4.79 Å². The van der Waals surface area contributed by atoms with Crippen LogP contribution in [0.2, 0.25) is 0 Å². The number of anilines is 2. The number of aromatic nitrogens is 2. The van der Waals surface area contributed by atoms with Crippen molar-refractivity contribution in [1.29, 1.82) is 0 Å². The van der Waals surface area contributed by atoms with E-state index in [-0.39, 0.29) is 11.1 Å². The van der Waals surface area contributed by atoms with Crippen LogP contribution in [0.1, 0.15) is 75.6 Å². The van der Waals surface area contributed by atoms with Crippen LogP contribution in [0.15, 0.2) is 6.20 Å². The van der Waals surface area contributed by atoms with Crippen molar-refractivity contribution in [2.45, 2.75) is 76.3 Å². The van der Waals surface area contributed by atoms with Gasteiger partial charge in [0, 0.05) is 17.3 Å². The Labute approximate surface area is 149 Å². The van der Waals surface area contributed by atoms with E-state index in [1.807, 2.05) is 0 Å². The van der Waals surface area contributed by atoms with Gasteiger partial charge in [0.05, 0.1) is 5.56 Å². The Balaban J connectivity index is 1.56. The van der Waals surface area contributed by atoms with Crippen molar-refractivity contribution in [2.24, 2.45) is 17.6 Å². The highest BCUT2D eigenvalue weighted by Gasteiger charge is 2.57. The van der Waals surface area contributed by atoms with E-state index in [4.69, 9.17) is 5.73 Å². The molecule has 6 nitrogen and oxygen atoms in total. The second kappa shape index (κ2) is 5.85. The van der Waals surface area contributed by atoms with Crippen LogP contribution >= 0.6 is 0 Å². The van der Waals surface area contributed by atoms with Gasteiger partial charge >= 0.3 is 0 Å². The van der Waals surface area contributed by atoms with E-state index in [0.717, 1.165) is 31.1 Å². The summed E-state index contributed by atoms with van der Waals surface area (Å²) >= 11 is 0. The fourth-order valence-corrected chi connectivity index (χ4v) is 4.72. The van der Waals surface area contributed by atoms with Crippen LogP contribution in [0.3, 0.4) is 0 Å². The molecule has 0 atom stereocenters. The maximum absolute atomic E-state index is 11.8. The van der Waals surface area contributed by atoms with Crippen molar-refractivity contribution in [3.05, 3.63) is 11.8 Å². The molecule has 2 bridgehead atoms. The van der Waals surface area contributed by atoms with Crippen LogP contribution in [-0.2, 0) is 0 Å². The SMILES string of the molecule is CCC1(Nc2ncc(C(N)=O)c(NC34CC(C3)C4)n2)CCC(C)CC1. The highest BCUT2D eigenvalue weighted by Crippen LogP contribution is 2.58. The maximum Gasteiger partial charge on any atom is 0.254 e. The zero-order chi connectivity index (χ0) is 17.7. The number of nitrogens with zero attached hydrogens (tertiary/aromatic N) is 2. The third kappa shape index (κ3) is 2.96. The zero-order valence-electron chi connectivity index (χ0n) is 15.3. The number of amides is 1. The van der Waals surface area contributed by atoms with E-state index in [0.29, 0.717) is 17.3 Å². The summed E-state index contributed by atoms with van der Waals surface area (Å²) in [5, 5.41) is 7.09. The molecule has 1 heterocycles. The van der Waals surface area contributed by atoms with Crippen molar-refractivity contribution >= 4 is 17.7 Å². The predicted molar refractivity (Wildman–Crippen MR) is 98.5 cm³/mol. The molecule has 0 aliphatic heterocycles. The Morgan fingerprint density at radius 1 is 1.28 bits per heavy atom. The van der Waals surface area contributed by atoms with Crippen molar-refractivity contribution in [1.82, 2.24) is 9.97 Å².